The van der Waals surface area contributed by atoms with Crippen LogP contribution in [-0.4, -0.2) is 18.0 Å². The largest absolute Gasteiger partial charge is 0.326 e. The Morgan fingerprint density at radius 3 is 2.38 bits per heavy atom. The van der Waals surface area contributed by atoms with Crippen LogP contribution >= 0.6 is 11.6 Å². The smallest absolute Gasteiger partial charge is 0.0497 e. The summed E-state index contributed by atoms with van der Waals surface area (Å²) in [5.41, 5.74) is 10.00. The van der Waals surface area contributed by atoms with E-state index >= 15 is 0 Å². The van der Waals surface area contributed by atoms with E-state index in [0.717, 1.165) is 11.6 Å². The molecule has 2 unspecified atom stereocenters. The Hall–Kier alpha value is -1.35. The molecule has 2 atom stereocenters. The second-order valence-corrected chi connectivity index (χ2v) is 6.20. The fraction of sp³-hybridized carbons (Fsp3) is 0.333. The van der Waals surface area contributed by atoms with Gasteiger partial charge in [-0.1, -0.05) is 53.6 Å². The average Bonchev–Trinajstić information content (AvgIpc) is 2.41. The highest BCUT2D eigenvalue weighted by atomic mass is 35.5. The number of aryl methyl sites for hydroxylation is 1. The Morgan fingerprint density at radius 1 is 1.14 bits per heavy atom. The van der Waals surface area contributed by atoms with E-state index in [4.69, 9.17) is 17.3 Å². The van der Waals surface area contributed by atoms with Gasteiger partial charge in [0.2, 0.25) is 0 Å². The number of nitrogens with zero attached hydrogens (tertiary/aromatic N) is 1. The molecule has 0 radical (unpaired) electrons. The van der Waals surface area contributed by atoms with Crippen LogP contribution in [0.5, 0.6) is 0 Å². The molecule has 0 aliphatic carbocycles. The van der Waals surface area contributed by atoms with Crippen molar-refractivity contribution in [3.05, 3.63) is 70.2 Å². The van der Waals surface area contributed by atoms with Crippen molar-refractivity contribution in [1.82, 2.24) is 4.90 Å². The second-order valence-electron chi connectivity index (χ2n) is 5.76. The van der Waals surface area contributed by atoms with Crippen LogP contribution in [0.25, 0.3) is 0 Å². The van der Waals surface area contributed by atoms with Crippen LogP contribution in [0, 0.1) is 6.92 Å². The Kier molecular flexibility index (Phi) is 5.40. The lowest BCUT2D eigenvalue weighted by atomic mass is 9.97. The van der Waals surface area contributed by atoms with Crippen molar-refractivity contribution >= 4 is 11.6 Å². The zero-order valence-electron chi connectivity index (χ0n) is 12.9. The Balaban J connectivity index is 2.19. The first-order valence-corrected chi connectivity index (χ1v) is 7.62. The molecule has 2 nitrogen and oxygen atoms in total. The van der Waals surface area contributed by atoms with E-state index in [9.17, 15) is 0 Å². The van der Waals surface area contributed by atoms with E-state index in [1.54, 1.807) is 0 Å². The van der Waals surface area contributed by atoms with Gasteiger partial charge in [0.25, 0.3) is 0 Å². The number of hydrogen-bond acceptors (Lipinski definition) is 2. The summed E-state index contributed by atoms with van der Waals surface area (Å²) in [5, 5.41) is 0.767. The molecule has 0 saturated carbocycles. The van der Waals surface area contributed by atoms with E-state index < -0.39 is 0 Å². The lowest BCUT2D eigenvalue weighted by Crippen LogP contribution is -2.37. The molecule has 0 aliphatic heterocycles. The zero-order valence-corrected chi connectivity index (χ0v) is 13.6. The van der Waals surface area contributed by atoms with Gasteiger partial charge in [0.15, 0.2) is 0 Å². The van der Waals surface area contributed by atoms with E-state index in [1.165, 1.54) is 16.7 Å². The van der Waals surface area contributed by atoms with Crippen molar-refractivity contribution in [2.45, 2.75) is 32.5 Å². The van der Waals surface area contributed by atoms with Crippen LogP contribution in [0.15, 0.2) is 48.5 Å². The molecule has 0 heterocycles. The van der Waals surface area contributed by atoms with Crippen LogP contribution in [0.3, 0.4) is 0 Å². The molecule has 2 N–H and O–H groups in total. The van der Waals surface area contributed by atoms with Gasteiger partial charge < -0.3 is 5.73 Å². The number of benzene rings is 2. The molecule has 3 heteroatoms. The molecule has 21 heavy (non-hydrogen) atoms. The highest BCUT2D eigenvalue weighted by Crippen LogP contribution is 2.25. The maximum Gasteiger partial charge on any atom is 0.0497 e. The quantitative estimate of drug-likeness (QED) is 0.898. The summed E-state index contributed by atoms with van der Waals surface area (Å²) in [6.07, 6.45) is 0. The molecular formula is C18H23ClN2. The number of rotatable bonds is 5. The molecule has 0 spiro atoms. The molecule has 112 valence electrons. The summed E-state index contributed by atoms with van der Waals surface area (Å²) in [6, 6.07) is 16.8. The Bertz CT molecular complexity index is 578. The van der Waals surface area contributed by atoms with Crippen LogP contribution in [0.2, 0.25) is 5.02 Å². The van der Waals surface area contributed by atoms with Crippen molar-refractivity contribution in [3.8, 4) is 0 Å². The van der Waals surface area contributed by atoms with E-state index in [-0.39, 0.29) is 12.1 Å². The summed E-state index contributed by atoms with van der Waals surface area (Å²) >= 11 is 5.94. The highest BCUT2D eigenvalue weighted by Gasteiger charge is 2.21. The number of hydrogen-bond donors (Lipinski definition) is 1. The molecular weight excluding hydrogens is 280 g/mol. The lowest BCUT2D eigenvalue weighted by Gasteiger charge is -2.31. The molecule has 0 fully saturated rings. The molecule has 0 aliphatic rings. The molecule has 2 rings (SSSR count). The molecule has 0 amide bonds. The van der Waals surface area contributed by atoms with E-state index in [0.29, 0.717) is 0 Å². The van der Waals surface area contributed by atoms with Crippen molar-refractivity contribution in [3.63, 3.8) is 0 Å². The van der Waals surface area contributed by atoms with Crippen LogP contribution in [-0.2, 0) is 6.54 Å². The van der Waals surface area contributed by atoms with Gasteiger partial charge in [0.1, 0.15) is 0 Å². The third-order valence-electron chi connectivity index (χ3n) is 3.70. The summed E-state index contributed by atoms with van der Waals surface area (Å²) in [4.78, 5) is 2.29. The predicted molar refractivity (Wildman–Crippen MR) is 90.5 cm³/mol. The van der Waals surface area contributed by atoms with Crippen LogP contribution in [0.4, 0.5) is 0 Å². The predicted octanol–water partition coefficient (Wildman–Crippen LogP) is 4.17. The lowest BCUT2D eigenvalue weighted by molar-refractivity contribution is 0.211. The third kappa shape index (κ3) is 4.31. The highest BCUT2D eigenvalue weighted by molar-refractivity contribution is 6.30. The van der Waals surface area contributed by atoms with E-state index in [2.05, 4.69) is 62.2 Å². The van der Waals surface area contributed by atoms with Crippen molar-refractivity contribution in [2.24, 2.45) is 5.73 Å². The SMILES string of the molecule is Cc1cccc(C(C(C)N)N(C)Cc2ccc(Cl)cc2)c1. The van der Waals surface area contributed by atoms with Crippen LogP contribution < -0.4 is 5.73 Å². The third-order valence-corrected chi connectivity index (χ3v) is 3.95. The molecule has 0 aromatic heterocycles. The summed E-state index contributed by atoms with van der Waals surface area (Å²) < 4.78 is 0. The standard InChI is InChI=1S/C18H23ClN2/c1-13-5-4-6-16(11-13)18(14(2)20)21(3)12-15-7-9-17(19)10-8-15/h4-11,14,18H,12,20H2,1-3H3. The Morgan fingerprint density at radius 2 is 1.81 bits per heavy atom. The van der Waals surface area contributed by atoms with Gasteiger partial charge in [0.05, 0.1) is 0 Å². The molecule has 2 aromatic carbocycles. The van der Waals surface area contributed by atoms with Gasteiger partial charge in [-0.15, -0.1) is 0 Å². The minimum Gasteiger partial charge on any atom is -0.326 e. The van der Waals surface area contributed by atoms with Gasteiger partial charge in [0, 0.05) is 23.7 Å². The van der Waals surface area contributed by atoms with Crippen LogP contribution in [0.1, 0.15) is 29.7 Å². The fourth-order valence-corrected chi connectivity index (χ4v) is 2.92. The second kappa shape index (κ2) is 7.08. The fourth-order valence-electron chi connectivity index (χ4n) is 2.79. The van der Waals surface area contributed by atoms with Gasteiger partial charge in [-0.2, -0.15) is 0 Å². The van der Waals surface area contributed by atoms with Gasteiger partial charge in [-0.25, -0.2) is 0 Å². The van der Waals surface area contributed by atoms with E-state index in [1.807, 2.05) is 12.1 Å². The topological polar surface area (TPSA) is 29.3 Å². The zero-order chi connectivity index (χ0) is 15.4. The number of halogens is 1. The van der Waals surface area contributed by atoms with Gasteiger partial charge in [-0.3, -0.25) is 4.90 Å². The summed E-state index contributed by atoms with van der Waals surface area (Å²) in [5.74, 6) is 0. The number of likely N-dealkylation sites (N-methyl/N-ethyl adjacent to an activating group) is 1. The monoisotopic (exact) mass is 302 g/mol. The van der Waals surface area contributed by atoms with Crippen molar-refractivity contribution < 1.29 is 0 Å². The first-order valence-electron chi connectivity index (χ1n) is 7.24. The minimum atomic E-state index is 0.0594. The maximum absolute atomic E-state index is 6.23. The molecule has 2 aromatic rings. The summed E-state index contributed by atoms with van der Waals surface area (Å²) in [7, 11) is 2.12. The van der Waals surface area contributed by atoms with Gasteiger partial charge >= 0.3 is 0 Å². The normalized spacial score (nSPS) is 14.2. The summed E-state index contributed by atoms with van der Waals surface area (Å²) in [6.45, 7) is 5.02. The maximum atomic E-state index is 6.23. The minimum absolute atomic E-state index is 0.0594. The first kappa shape index (κ1) is 16.0. The Labute approximate surface area is 132 Å². The number of nitrogens with two attached hydrogens (primary N) is 1. The van der Waals surface area contributed by atoms with Crippen molar-refractivity contribution in [2.75, 3.05) is 7.05 Å². The molecule has 0 saturated heterocycles. The first-order chi connectivity index (χ1) is 9.97. The van der Waals surface area contributed by atoms with Gasteiger partial charge in [-0.05, 0) is 44.2 Å². The van der Waals surface area contributed by atoms with Crippen molar-refractivity contribution in [1.29, 1.82) is 0 Å². The average molecular weight is 303 g/mol. The molecule has 0 bridgehead atoms.